The number of rotatable bonds is 3. The number of hydrogen-bond acceptors (Lipinski definition) is 2. The van der Waals surface area contributed by atoms with Crippen molar-refractivity contribution < 1.29 is 13.5 Å². The number of ether oxygens (including phenoxy) is 1. The minimum absolute atomic E-state index is 0.164. The second-order valence-corrected chi connectivity index (χ2v) is 4.03. The van der Waals surface area contributed by atoms with Gasteiger partial charge in [0.25, 0.3) is 6.43 Å². The Balaban J connectivity index is 3.33. The molecule has 0 saturated carbocycles. The number of halogens is 4. The number of aromatic nitrogens is 1. The first-order valence-corrected chi connectivity index (χ1v) is 5.87. The summed E-state index contributed by atoms with van der Waals surface area (Å²) in [5.74, 6) is 0.219. The summed E-state index contributed by atoms with van der Waals surface area (Å²) in [5.41, 5.74) is 0.494. The van der Waals surface area contributed by atoms with Gasteiger partial charge in [-0.05, 0) is 22.6 Å². The Hall–Kier alpha value is 0.0200. The molecule has 0 unspecified atom stereocenters. The highest BCUT2D eigenvalue weighted by Gasteiger charge is 2.19. The molecule has 0 bridgehead atoms. The molecule has 0 aliphatic carbocycles. The van der Waals surface area contributed by atoms with Gasteiger partial charge in [-0.3, -0.25) is 0 Å². The molecule has 0 amide bonds. The van der Waals surface area contributed by atoms with Crippen LogP contribution >= 0.6 is 38.5 Å². The molecular weight excluding hydrogens is 371 g/mol. The van der Waals surface area contributed by atoms with Crippen molar-refractivity contribution in [2.45, 2.75) is 11.8 Å². The molecule has 6 heteroatoms. The third-order valence-electron chi connectivity index (χ3n) is 1.68. The van der Waals surface area contributed by atoms with Gasteiger partial charge in [0.1, 0.15) is 9.45 Å². The van der Waals surface area contributed by atoms with Crippen molar-refractivity contribution in [1.82, 2.24) is 4.98 Å². The second kappa shape index (κ2) is 5.20. The summed E-state index contributed by atoms with van der Waals surface area (Å²) >= 11 is 5.20. The van der Waals surface area contributed by atoms with E-state index in [0.29, 0.717) is 14.6 Å². The van der Waals surface area contributed by atoms with Crippen molar-refractivity contribution in [2.24, 2.45) is 0 Å². The fourth-order valence-electron chi connectivity index (χ4n) is 1.04. The monoisotopic (exact) mass is 377 g/mol. The lowest BCUT2D eigenvalue weighted by atomic mass is 10.2. The van der Waals surface area contributed by atoms with Crippen molar-refractivity contribution in [3.8, 4) is 5.75 Å². The van der Waals surface area contributed by atoms with E-state index in [9.17, 15) is 8.78 Å². The van der Waals surface area contributed by atoms with Crippen LogP contribution in [0.15, 0.2) is 6.20 Å². The summed E-state index contributed by atoms with van der Waals surface area (Å²) in [6, 6.07) is 0. The molecule has 1 aromatic rings. The lowest BCUT2D eigenvalue weighted by Crippen LogP contribution is -2.01. The van der Waals surface area contributed by atoms with Crippen LogP contribution in [0.4, 0.5) is 8.78 Å². The molecule has 0 N–H and O–H groups in total. The van der Waals surface area contributed by atoms with Crippen LogP contribution in [0.1, 0.15) is 17.6 Å². The van der Waals surface area contributed by atoms with Gasteiger partial charge in [-0.15, -0.1) is 0 Å². The Bertz CT molecular complexity index is 335. The molecule has 0 fully saturated rings. The molecule has 14 heavy (non-hydrogen) atoms. The second-order valence-electron chi connectivity index (χ2n) is 2.45. The van der Waals surface area contributed by atoms with E-state index in [-0.39, 0.29) is 11.3 Å². The fourth-order valence-corrected chi connectivity index (χ4v) is 2.66. The predicted molar refractivity (Wildman–Crippen MR) is 61.1 cm³/mol. The minimum atomic E-state index is -2.56. The van der Waals surface area contributed by atoms with Crippen LogP contribution in [-0.2, 0) is 5.33 Å². The van der Waals surface area contributed by atoms with Crippen molar-refractivity contribution in [3.05, 3.63) is 21.0 Å². The maximum Gasteiger partial charge on any atom is 0.268 e. The Morgan fingerprint density at radius 2 is 2.29 bits per heavy atom. The van der Waals surface area contributed by atoms with Crippen LogP contribution in [0.2, 0.25) is 0 Å². The van der Waals surface area contributed by atoms with Crippen molar-refractivity contribution in [2.75, 3.05) is 7.11 Å². The van der Waals surface area contributed by atoms with E-state index >= 15 is 0 Å². The first-order chi connectivity index (χ1) is 6.61. The molecule has 0 saturated heterocycles. The average molecular weight is 378 g/mol. The quantitative estimate of drug-likeness (QED) is 0.456. The van der Waals surface area contributed by atoms with Crippen LogP contribution in [-0.4, -0.2) is 12.1 Å². The largest absolute Gasteiger partial charge is 0.496 e. The Labute approximate surface area is 102 Å². The van der Waals surface area contributed by atoms with E-state index in [1.54, 1.807) is 0 Å². The Morgan fingerprint density at radius 1 is 1.64 bits per heavy atom. The van der Waals surface area contributed by atoms with Gasteiger partial charge in [0.15, 0.2) is 0 Å². The van der Waals surface area contributed by atoms with Crippen molar-refractivity contribution in [3.63, 3.8) is 0 Å². The molecule has 1 heterocycles. The van der Waals surface area contributed by atoms with Gasteiger partial charge in [0, 0.05) is 17.1 Å². The standard InChI is InChI=1S/C8H7BrF2INO/c1-14-6-4(2-9)8(12)13-3-5(6)7(10)11/h3,7H,2H2,1H3. The third-order valence-corrected chi connectivity index (χ3v) is 3.17. The van der Waals surface area contributed by atoms with E-state index in [4.69, 9.17) is 4.74 Å². The topological polar surface area (TPSA) is 22.1 Å². The predicted octanol–water partition coefficient (Wildman–Crippen LogP) is 3.53. The van der Waals surface area contributed by atoms with Gasteiger partial charge in [0.2, 0.25) is 0 Å². The van der Waals surface area contributed by atoms with Crippen molar-refractivity contribution >= 4 is 38.5 Å². The molecule has 0 aliphatic rings. The zero-order valence-corrected chi connectivity index (χ0v) is 11.0. The van der Waals surface area contributed by atoms with Crippen LogP contribution in [0.25, 0.3) is 0 Å². The summed E-state index contributed by atoms with van der Waals surface area (Å²) in [6.07, 6.45) is -1.41. The van der Waals surface area contributed by atoms with Crippen LogP contribution in [0.5, 0.6) is 5.75 Å². The lowest BCUT2D eigenvalue weighted by molar-refractivity contribution is 0.146. The smallest absolute Gasteiger partial charge is 0.268 e. The van der Waals surface area contributed by atoms with Gasteiger partial charge < -0.3 is 4.74 Å². The Kier molecular flexibility index (Phi) is 4.49. The van der Waals surface area contributed by atoms with Crippen LogP contribution in [0.3, 0.4) is 0 Å². The van der Waals surface area contributed by atoms with E-state index in [1.165, 1.54) is 7.11 Å². The highest BCUT2D eigenvalue weighted by Crippen LogP contribution is 2.34. The highest BCUT2D eigenvalue weighted by atomic mass is 127. The first-order valence-electron chi connectivity index (χ1n) is 3.67. The summed E-state index contributed by atoms with van der Waals surface area (Å²) in [4.78, 5) is 3.88. The van der Waals surface area contributed by atoms with E-state index in [1.807, 2.05) is 22.6 Å². The summed E-state index contributed by atoms with van der Waals surface area (Å²) in [6.45, 7) is 0. The molecule has 1 rings (SSSR count). The molecule has 78 valence electrons. The fraction of sp³-hybridized carbons (Fsp3) is 0.375. The maximum atomic E-state index is 12.5. The summed E-state index contributed by atoms with van der Waals surface area (Å²) in [7, 11) is 1.38. The van der Waals surface area contributed by atoms with Crippen molar-refractivity contribution in [1.29, 1.82) is 0 Å². The molecule has 0 atom stereocenters. The molecule has 0 radical (unpaired) electrons. The minimum Gasteiger partial charge on any atom is -0.496 e. The molecule has 0 aromatic carbocycles. The van der Waals surface area contributed by atoms with E-state index < -0.39 is 6.43 Å². The molecular formula is C8H7BrF2INO. The van der Waals surface area contributed by atoms with Gasteiger partial charge in [-0.2, -0.15) is 0 Å². The number of nitrogens with zero attached hydrogens (tertiary/aromatic N) is 1. The van der Waals surface area contributed by atoms with E-state index in [0.717, 1.165) is 6.20 Å². The molecule has 0 aliphatic heterocycles. The first kappa shape index (κ1) is 12.1. The van der Waals surface area contributed by atoms with Gasteiger partial charge in [-0.25, -0.2) is 13.8 Å². The lowest BCUT2D eigenvalue weighted by Gasteiger charge is -2.12. The molecule has 1 aromatic heterocycles. The number of methoxy groups -OCH3 is 1. The van der Waals surface area contributed by atoms with Gasteiger partial charge >= 0.3 is 0 Å². The maximum absolute atomic E-state index is 12.5. The highest BCUT2D eigenvalue weighted by molar-refractivity contribution is 14.1. The van der Waals surface area contributed by atoms with Crippen LogP contribution < -0.4 is 4.74 Å². The zero-order valence-electron chi connectivity index (χ0n) is 7.23. The summed E-state index contributed by atoms with van der Waals surface area (Å²) < 4.78 is 30.7. The zero-order chi connectivity index (χ0) is 10.7. The number of hydrogen-bond donors (Lipinski definition) is 0. The molecule has 2 nitrogen and oxygen atoms in total. The molecule has 0 spiro atoms. The van der Waals surface area contributed by atoms with Crippen LogP contribution in [0, 0.1) is 3.70 Å². The number of pyridine rings is 1. The number of alkyl halides is 3. The summed E-state index contributed by atoms with van der Waals surface area (Å²) in [5, 5.41) is 0.446. The Morgan fingerprint density at radius 3 is 2.71 bits per heavy atom. The third kappa shape index (κ3) is 2.33. The van der Waals surface area contributed by atoms with E-state index in [2.05, 4.69) is 20.9 Å². The van der Waals surface area contributed by atoms with Gasteiger partial charge in [-0.1, -0.05) is 15.9 Å². The SMILES string of the molecule is COc1c(C(F)F)cnc(I)c1CBr. The van der Waals surface area contributed by atoms with Gasteiger partial charge in [0.05, 0.1) is 12.7 Å². The average Bonchev–Trinajstić information content (AvgIpc) is 2.16. The normalized spacial score (nSPS) is 10.7.